The molecule has 3 aromatic rings. The molecule has 2 aromatic carbocycles. The molecule has 0 spiro atoms. The standard InChI is InChI=1S/C18H15N7O/c1-13(15-9-7-14(11-19)8-10-15)20-21-17(26)12-25-23-18(22-24-25)16-5-3-2-4-6-16/h2-10H,12H2,1H3,(H,21,26). The van der Waals surface area contributed by atoms with E-state index in [0.717, 1.165) is 11.1 Å². The lowest BCUT2D eigenvalue weighted by Crippen LogP contribution is -2.25. The Morgan fingerprint density at radius 1 is 1.19 bits per heavy atom. The third-order valence-electron chi connectivity index (χ3n) is 3.55. The van der Waals surface area contributed by atoms with Crippen LogP contribution < -0.4 is 5.43 Å². The van der Waals surface area contributed by atoms with Gasteiger partial charge in [-0.05, 0) is 29.8 Å². The van der Waals surface area contributed by atoms with Crippen LogP contribution in [-0.4, -0.2) is 31.8 Å². The van der Waals surface area contributed by atoms with Crippen molar-refractivity contribution in [2.45, 2.75) is 13.5 Å². The second-order valence-electron chi connectivity index (χ2n) is 5.43. The zero-order chi connectivity index (χ0) is 18.4. The van der Waals surface area contributed by atoms with Crippen LogP contribution in [0.15, 0.2) is 59.7 Å². The molecule has 8 heteroatoms. The molecule has 0 unspecified atom stereocenters. The molecule has 1 N–H and O–H groups in total. The van der Waals surface area contributed by atoms with Crippen molar-refractivity contribution in [1.29, 1.82) is 5.26 Å². The van der Waals surface area contributed by atoms with Crippen molar-refractivity contribution in [3.05, 3.63) is 65.7 Å². The van der Waals surface area contributed by atoms with E-state index in [-0.39, 0.29) is 12.5 Å². The maximum Gasteiger partial charge on any atom is 0.263 e. The fourth-order valence-corrected chi connectivity index (χ4v) is 2.17. The van der Waals surface area contributed by atoms with Crippen molar-refractivity contribution >= 4 is 11.6 Å². The number of rotatable bonds is 5. The first-order valence-electron chi connectivity index (χ1n) is 7.82. The number of nitriles is 1. The van der Waals surface area contributed by atoms with Crippen LogP contribution in [0.5, 0.6) is 0 Å². The van der Waals surface area contributed by atoms with Crippen LogP contribution in [0.1, 0.15) is 18.1 Å². The average Bonchev–Trinajstić information content (AvgIpc) is 3.15. The molecule has 1 amide bonds. The fraction of sp³-hybridized carbons (Fsp3) is 0.111. The van der Waals surface area contributed by atoms with Crippen LogP contribution >= 0.6 is 0 Å². The molecule has 0 aliphatic heterocycles. The lowest BCUT2D eigenvalue weighted by Gasteiger charge is -2.02. The third-order valence-corrected chi connectivity index (χ3v) is 3.55. The van der Waals surface area contributed by atoms with Gasteiger partial charge in [-0.1, -0.05) is 42.5 Å². The highest BCUT2D eigenvalue weighted by Gasteiger charge is 2.09. The molecule has 0 bridgehead atoms. The van der Waals surface area contributed by atoms with Gasteiger partial charge in [0.2, 0.25) is 5.82 Å². The van der Waals surface area contributed by atoms with E-state index in [4.69, 9.17) is 5.26 Å². The van der Waals surface area contributed by atoms with Gasteiger partial charge in [0.1, 0.15) is 6.54 Å². The highest BCUT2D eigenvalue weighted by Crippen LogP contribution is 2.11. The smallest absolute Gasteiger partial charge is 0.263 e. The van der Waals surface area contributed by atoms with Gasteiger partial charge in [-0.3, -0.25) is 4.79 Å². The molecule has 0 saturated heterocycles. The summed E-state index contributed by atoms with van der Waals surface area (Å²) in [5.41, 5.74) is 5.30. The zero-order valence-corrected chi connectivity index (χ0v) is 14.0. The van der Waals surface area contributed by atoms with Crippen molar-refractivity contribution in [2.24, 2.45) is 5.10 Å². The minimum absolute atomic E-state index is 0.0933. The molecule has 0 saturated carbocycles. The van der Waals surface area contributed by atoms with Crippen LogP contribution in [0.25, 0.3) is 11.4 Å². The number of aromatic nitrogens is 4. The van der Waals surface area contributed by atoms with Gasteiger partial charge in [-0.15, -0.1) is 10.2 Å². The maximum atomic E-state index is 12.0. The van der Waals surface area contributed by atoms with Gasteiger partial charge in [0.25, 0.3) is 5.91 Å². The lowest BCUT2D eigenvalue weighted by atomic mass is 10.1. The largest absolute Gasteiger partial charge is 0.271 e. The second kappa shape index (κ2) is 7.81. The number of nitrogens with zero attached hydrogens (tertiary/aromatic N) is 6. The molecule has 26 heavy (non-hydrogen) atoms. The Balaban J connectivity index is 1.60. The Labute approximate surface area is 149 Å². The summed E-state index contributed by atoms with van der Waals surface area (Å²) in [6.45, 7) is 1.67. The minimum Gasteiger partial charge on any atom is -0.271 e. The number of hydrogen-bond acceptors (Lipinski definition) is 6. The predicted octanol–water partition coefficient (Wildman–Crippen LogP) is 1.75. The zero-order valence-electron chi connectivity index (χ0n) is 14.0. The van der Waals surface area contributed by atoms with Crippen molar-refractivity contribution < 1.29 is 4.79 Å². The van der Waals surface area contributed by atoms with Gasteiger partial charge in [0, 0.05) is 5.56 Å². The molecule has 0 aliphatic carbocycles. The Bertz CT molecular complexity index is 969. The average molecular weight is 345 g/mol. The van der Waals surface area contributed by atoms with Gasteiger partial charge in [0.05, 0.1) is 17.3 Å². The van der Waals surface area contributed by atoms with Gasteiger partial charge < -0.3 is 0 Å². The quantitative estimate of drug-likeness (QED) is 0.560. The Morgan fingerprint density at radius 3 is 2.62 bits per heavy atom. The third kappa shape index (κ3) is 4.15. The van der Waals surface area contributed by atoms with E-state index in [9.17, 15) is 4.79 Å². The van der Waals surface area contributed by atoms with E-state index in [1.165, 1.54) is 4.80 Å². The van der Waals surface area contributed by atoms with E-state index >= 15 is 0 Å². The van der Waals surface area contributed by atoms with E-state index in [2.05, 4.69) is 32.0 Å². The van der Waals surface area contributed by atoms with Gasteiger partial charge in [0.15, 0.2) is 0 Å². The molecule has 0 atom stereocenters. The Hall–Kier alpha value is -3.86. The first-order valence-corrected chi connectivity index (χ1v) is 7.82. The molecular formula is C18H15N7O. The molecule has 0 fully saturated rings. The van der Waals surface area contributed by atoms with E-state index < -0.39 is 0 Å². The van der Waals surface area contributed by atoms with Crippen molar-refractivity contribution in [2.75, 3.05) is 0 Å². The van der Waals surface area contributed by atoms with Gasteiger partial charge in [-0.2, -0.15) is 15.2 Å². The van der Waals surface area contributed by atoms with Crippen molar-refractivity contribution in [3.8, 4) is 17.5 Å². The van der Waals surface area contributed by atoms with Crippen LogP contribution in [0.3, 0.4) is 0 Å². The number of carbonyl (C=O) groups excluding carboxylic acids is 1. The van der Waals surface area contributed by atoms with Crippen LogP contribution in [0.4, 0.5) is 0 Å². The topological polar surface area (TPSA) is 109 Å². The van der Waals surface area contributed by atoms with Crippen LogP contribution in [0, 0.1) is 11.3 Å². The first kappa shape index (κ1) is 17.0. The van der Waals surface area contributed by atoms with Crippen molar-refractivity contribution in [1.82, 2.24) is 25.6 Å². The van der Waals surface area contributed by atoms with E-state index in [0.29, 0.717) is 17.1 Å². The van der Waals surface area contributed by atoms with E-state index in [1.807, 2.05) is 30.3 Å². The summed E-state index contributed by atoms with van der Waals surface area (Å²) in [6, 6.07) is 18.4. The normalized spacial score (nSPS) is 11.0. The summed E-state index contributed by atoms with van der Waals surface area (Å²) in [7, 11) is 0. The number of tetrazole rings is 1. The fourth-order valence-electron chi connectivity index (χ4n) is 2.17. The molecule has 0 radical (unpaired) electrons. The molecule has 1 aromatic heterocycles. The molecular weight excluding hydrogens is 330 g/mol. The Morgan fingerprint density at radius 2 is 1.92 bits per heavy atom. The second-order valence-corrected chi connectivity index (χ2v) is 5.43. The number of hydrogen-bond donors (Lipinski definition) is 1. The van der Waals surface area contributed by atoms with Crippen molar-refractivity contribution in [3.63, 3.8) is 0 Å². The SMILES string of the molecule is CC(=NNC(=O)Cn1nnc(-c2ccccc2)n1)c1ccc(C#N)cc1. The van der Waals surface area contributed by atoms with Crippen LogP contribution in [0.2, 0.25) is 0 Å². The summed E-state index contributed by atoms with van der Waals surface area (Å²) in [6.07, 6.45) is 0. The lowest BCUT2D eigenvalue weighted by molar-refractivity contribution is -0.122. The highest BCUT2D eigenvalue weighted by molar-refractivity contribution is 5.99. The number of benzene rings is 2. The molecule has 128 valence electrons. The monoisotopic (exact) mass is 345 g/mol. The minimum atomic E-state index is -0.366. The first-order chi connectivity index (χ1) is 12.7. The maximum absolute atomic E-state index is 12.0. The van der Waals surface area contributed by atoms with E-state index in [1.54, 1.807) is 31.2 Å². The summed E-state index contributed by atoms with van der Waals surface area (Å²) in [4.78, 5) is 13.2. The summed E-state index contributed by atoms with van der Waals surface area (Å²) in [5.74, 6) is 0.0886. The highest BCUT2D eigenvalue weighted by atomic mass is 16.2. The molecule has 0 aliphatic rings. The number of nitrogens with one attached hydrogen (secondary N) is 1. The summed E-state index contributed by atoms with van der Waals surface area (Å²) < 4.78 is 0. The predicted molar refractivity (Wildman–Crippen MR) is 94.8 cm³/mol. The van der Waals surface area contributed by atoms with Gasteiger partial charge >= 0.3 is 0 Å². The number of carbonyl (C=O) groups is 1. The number of hydrazone groups is 1. The van der Waals surface area contributed by atoms with Crippen LogP contribution in [-0.2, 0) is 11.3 Å². The Kier molecular flexibility index (Phi) is 5.10. The summed E-state index contributed by atoms with van der Waals surface area (Å²) in [5, 5.41) is 24.8. The molecule has 3 rings (SSSR count). The molecule has 1 heterocycles. The summed E-state index contributed by atoms with van der Waals surface area (Å²) >= 11 is 0. The van der Waals surface area contributed by atoms with Gasteiger partial charge in [-0.25, -0.2) is 5.43 Å². The molecule has 8 nitrogen and oxygen atoms in total. The number of amides is 1.